The van der Waals surface area contributed by atoms with E-state index in [1.807, 2.05) is 48.5 Å². The van der Waals surface area contributed by atoms with Gasteiger partial charge in [-0.25, -0.2) is 4.79 Å². The number of alkyl carbamates (subject to hydrolysis) is 1. The number of aliphatic hydroxyl groups is 1. The van der Waals surface area contributed by atoms with Crippen molar-refractivity contribution in [3.63, 3.8) is 0 Å². The molecule has 2 amide bonds. The zero-order valence-corrected chi connectivity index (χ0v) is 18.1. The largest absolute Gasteiger partial charge is 0.481 e. The van der Waals surface area contributed by atoms with Crippen molar-refractivity contribution in [3.8, 4) is 11.1 Å². The molecule has 0 aromatic heterocycles. The smallest absolute Gasteiger partial charge is 0.407 e. The summed E-state index contributed by atoms with van der Waals surface area (Å²) in [6, 6.07) is 14.5. The van der Waals surface area contributed by atoms with Crippen molar-refractivity contribution in [2.75, 3.05) is 19.7 Å². The summed E-state index contributed by atoms with van der Waals surface area (Å²) in [7, 11) is 0. The number of rotatable bonds is 8. The van der Waals surface area contributed by atoms with Crippen molar-refractivity contribution in [3.05, 3.63) is 72.3 Å². The number of β-amino-alcohol motifs (C(OH)–C–C–N with tert-alkyl or cyclic N) is 1. The van der Waals surface area contributed by atoms with Gasteiger partial charge in [-0.3, -0.25) is 9.59 Å². The summed E-state index contributed by atoms with van der Waals surface area (Å²) >= 11 is 0. The molecule has 2 aromatic rings. The standard InChI is InChI=1S/C25H26N2O6/c1-2-11-25(32)14-27(15-25)23(30)21(12-22(28)29)26-24(31)33-13-20-18-9-5-3-7-16(18)17-8-4-6-10-19(17)20/h2-10,20-21,32H,1,11-15H2,(H,26,31)(H,28,29). The lowest BCUT2D eigenvalue weighted by Gasteiger charge is -2.47. The molecule has 2 aromatic carbocycles. The summed E-state index contributed by atoms with van der Waals surface area (Å²) in [6.45, 7) is 3.74. The first-order valence-electron chi connectivity index (χ1n) is 10.8. The van der Waals surface area contributed by atoms with Crippen LogP contribution in [-0.4, -0.2) is 64.4 Å². The number of amides is 2. The lowest BCUT2D eigenvalue weighted by atomic mass is 9.89. The predicted octanol–water partition coefficient (Wildman–Crippen LogP) is 2.52. The van der Waals surface area contributed by atoms with Gasteiger partial charge in [-0.05, 0) is 28.7 Å². The van der Waals surface area contributed by atoms with E-state index in [2.05, 4.69) is 11.9 Å². The summed E-state index contributed by atoms with van der Waals surface area (Å²) < 4.78 is 5.44. The number of benzene rings is 2. The maximum Gasteiger partial charge on any atom is 0.407 e. The number of hydrogen-bond donors (Lipinski definition) is 3. The molecule has 1 fully saturated rings. The number of carboxylic acids is 1. The molecule has 4 rings (SSSR count). The number of carboxylic acid groups (broad SMARTS) is 1. The average Bonchev–Trinajstić information content (AvgIpc) is 3.09. The highest BCUT2D eigenvalue weighted by Gasteiger charge is 2.45. The van der Waals surface area contributed by atoms with Crippen molar-refractivity contribution in [1.82, 2.24) is 10.2 Å². The minimum Gasteiger partial charge on any atom is -0.481 e. The van der Waals surface area contributed by atoms with Gasteiger partial charge in [-0.1, -0.05) is 54.6 Å². The van der Waals surface area contributed by atoms with Gasteiger partial charge < -0.3 is 25.2 Å². The molecular formula is C25H26N2O6. The Hall–Kier alpha value is -3.65. The Bertz CT molecular complexity index is 1050. The highest BCUT2D eigenvalue weighted by atomic mass is 16.5. The summed E-state index contributed by atoms with van der Waals surface area (Å²) in [5.41, 5.74) is 3.21. The van der Waals surface area contributed by atoms with Gasteiger partial charge in [0.1, 0.15) is 18.2 Å². The number of ether oxygens (including phenoxy) is 1. The Morgan fingerprint density at radius 1 is 1.12 bits per heavy atom. The Balaban J connectivity index is 1.40. The van der Waals surface area contributed by atoms with E-state index in [1.165, 1.54) is 4.90 Å². The van der Waals surface area contributed by atoms with Crippen molar-refractivity contribution < 1.29 is 29.3 Å². The second-order valence-electron chi connectivity index (χ2n) is 8.53. The molecule has 0 bridgehead atoms. The highest BCUT2D eigenvalue weighted by molar-refractivity contribution is 5.90. The van der Waals surface area contributed by atoms with Crippen molar-refractivity contribution >= 4 is 18.0 Å². The minimum absolute atomic E-state index is 0.0522. The molecule has 1 heterocycles. The van der Waals surface area contributed by atoms with Gasteiger partial charge in [0.15, 0.2) is 0 Å². The topological polar surface area (TPSA) is 116 Å². The van der Waals surface area contributed by atoms with Crippen molar-refractivity contribution in [1.29, 1.82) is 0 Å². The fourth-order valence-electron chi connectivity index (χ4n) is 4.60. The molecule has 8 heteroatoms. The third-order valence-corrected chi connectivity index (χ3v) is 6.12. The molecule has 1 unspecified atom stereocenters. The first kappa shape index (κ1) is 22.5. The van der Waals surface area contributed by atoms with E-state index >= 15 is 0 Å². The van der Waals surface area contributed by atoms with E-state index in [0.29, 0.717) is 6.42 Å². The maximum atomic E-state index is 12.7. The van der Waals surface area contributed by atoms with Gasteiger partial charge in [0, 0.05) is 5.92 Å². The summed E-state index contributed by atoms with van der Waals surface area (Å²) in [6.07, 6.45) is 0.434. The Morgan fingerprint density at radius 3 is 2.24 bits per heavy atom. The molecule has 0 radical (unpaired) electrons. The molecule has 1 aliphatic carbocycles. The first-order valence-corrected chi connectivity index (χ1v) is 10.8. The molecule has 3 N–H and O–H groups in total. The van der Waals surface area contributed by atoms with Crippen LogP contribution >= 0.6 is 0 Å². The molecule has 172 valence electrons. The molecular weight excluding hydrogens is 424 g/mol. The molecule has 1 aliphatic heterocycles. The van der Waals surface area contributed by atoms with Crippen molar-refractivity contribution in [2.24, 2.45) is 0 Å². The molecule has 1 atom stereocenters. The number of likely N-dealkylation sites (tertiary alicyclic amines) is 1. The molecule has 33 heavy (non-hydrogen) atoms. The van der Waals surface area contributed by atoms with E-state index < -0.39 is 36.0 Å². The molecule has 8 nitrogen and oxygen atoms in total. The van der Waals surface area contributed by atoms with E-state index in [-0.39, 0.29) is 25.6 Å². The second kappa shape index (κ2) is 9.07. The number of carbonyl (C=O) groups excluding carboxylic acids is 2. The fraction of sp³-hybridized carbons (Fsp3) is 0.320. The first-order chi connectivity index (χ1) is 15.8. The van der Waals surface area contributed by atoms with Crippen LogP contribution < -0.4 is 5.32 Å². The number of fused-ring (bicyclic) bond motifs is 3. The van der Waals surface area contributed by atoms with Gasteiger partial charge in [0.25, 0.3) is 0 Å². The highest BCUT2D eigenvalue weighted by Crippen LogP contribution is 2.44. The Morgan fingerprint density at radius 2 is 1.70 bits per heavy atom. The predicted molar refractivity (Wildman–Crippen MR) is 121 cm³/mol. The number of aliphatic carboxylic acids is 1. The number of nitrogens with zero attached hydrogens (tertiary/aromatic N) is 1. The Labute approximate surface area is 191 Å². The number of hydrogen-bond acceptors (Lipinski definition) is 5. The van der Waals surface area contributed by atoms with E-state index in [1.54, 1.807) is 6.08 Å². The van der Waals surface area contributed by atoms with Gasteiger partial charge >= 0.3 is 12.1 Å². The van der Waals surface area contributed by atoms with Crippen LogP contribution in [0.4, 0.5) is 4.79 Å². The van der Waals surface area contributed by atoms with E-state index in [0.717, 1.165) is 22.3 Å². The van der Waals surface area contributed by atoms with Gasteiger partial charge in [0.2, 0.25) is 5.91 Å². The van der Waals surface area contributed by atoms with Gasteiger partial charge in [0.05, 0.1) is 19.5 Å². The van der Waals surface area contributed by atoms with Crippen molar-refractivity contribution in [2.45, 2.75) is 30.4 Å². The van der Waals surface area contributed by atoms with Crippen LogP contribution in [0.3, 0.4) is 0 Å². The molecule has 2 aliphatic rings. The second-order valence-corrected chi connectivity index (χ2v) is 8.53. The van der Waals surface area contributed by atoms with Crippen LogP contribution in [0.25, 0.3) is 11.1 Å². The average molecular weight is 450 g/mol. The zero-order valence-electron chi connectivity index (χ0n) is 18.1. The summed E-state index contributed by atoms with van der Waals surface area (Å²) in [4.78, 5) is 37.8. The fourth-order valence-corrected chi connectivity index (χ4v) is 4.60. The minimum atomic E-state index is -1.29. The normalized spacial score (nSPS) is 16.7. The molecule has 0 spiro atoms. The SMILES string of the molecule is C=CCC1(O)CN(C(=O)C(CC(=O)O)NC(=O)OCC2c3ccccc3-c3ccccc32)C1. The van der Waals surface area contributed by atoms with E-state index in [4.69, 9.17) is 4.74 Å². The lowest BCUT2D eigenvalue weighted by Crippen LogP contribution is -2.66. The van der Waals surface area contributed by atoms with Crippen LogP contribution in [0.5, 0.6) is 0 Å². The molecule has 0 saturated carbocycles. The van der Waals surface area contributed by atoms with Gasteiger partial charge in [-0.15, -0.1) is 6.58 Å². The number of nitrogens with one attached hydrogen (secondary N) is 1. The van der Waals surface area contributed by atoms with Gasteiger partial charge in [-0.2, -0.15) is 0 Å². The third kappa shape index (κ3) is 4.61. The lowest BCUT2D eigenvalue weighted by molar-refractivity contribution is -0.158. The summed E-state index contributed by atoms with van der Waals surface area (Å²) in [5, 5.41) is 21.8. The third-order valence-electron chi connectivity index (χ3n) is 6.12. The van der Waals surface area contributed by atoms with E-state index in [9.17, 15) is 24.6 Å². The zero-order chi connectivity index (χ0) is 23.6. The Kier molecular flexibility index (Phi) is 6.20. The monoisotopic (exact) mass is 450 g/mol. The molecule has 1 saturated heterocycles. The van der Waals surface area contributed by atoms with Crippen LogP contribution in [0, 0.1) is 0 Å². The van der Waals surface area contributed by atoms with Crippen LogP contribution in [-0.2, 0) is 14.3 Å². The quantitative estimate of drug-likeness (QED) is 0.532. The number of carbonyl (C=O) groups is 3. The van der Waals surface area contributed by atoms with Crippen LogP contribution in [0.1, 0.15) is 29.9 Å². The summed E-state index contributed by atoms with van der Waals surface area (Å²) in [5.74, 6) is -1.95. The maximum absolute atomic E-state index is 12.7. The van der Waals surface area contributed by atoms with Crippen LogP contribution in [0.2, 0.25) is 0 Å². The van der Waals surface area contributed by atoms with Crippen LogP contribution in [0.15, 0.2) is 61.2 Å².